The lowest BCUT2D eigenvalue weighted by Crippen LogP contribution is -2.26. The number of esters is 2. The molecule has 0 N–H and O–H groups in total. The van der Waals surface area contributed by atoms with Crippen LogP contribution in [0.15, 0.2) is 0 Å². The molecule has 0 spiro atoms. The summed E-state index contributed by atoms with van der Waals surface area (Å²) in [6.45, 7) is 0.712. The van der Waals surface area contributed by atoms with Crippen LogP contribution in [-0.2, 0) is 14.3 Å². The first-order chi connectivity index (χ1) is 5.34. The first kappa shape index (κ1) is 13.8. The lowest BCUT2D eigenvalue weighted by Gasteiger charge is -2.01. The van der Waals surface area contributed by atoms with E-state index in [9.17, 15) is 22.8 Å². The molecule has 3 nitrogen and oxygen atoms in total. The monoisotopic (exact) mass is 206 g/mol. The number of alkyl halides is 4. The molecule has 0 fully saturated rings. The lowest BCUT2D eigenvalue weighted by atomic mass is 10.6. The average Bonchev–Trinajstić information content (AvgIpc) is 1.88. The van der Waals surface area contributed by atoms with E-state index in [1.54, 1.807) is 0 Å². The normalized spacial score (nSPS) is 9.50. The summed E-state index contributed by atoms with van der Waals surface area (Å²) >= 11 is 4.64. The molecule has 0 atom stereocenters. The zero-order valence-corrected chi connectivity index (χ0v) is 6.99. The zero-order valence-electron chi connectivity index (χ0n) is 6.24. The summed E-state index contributed by atoms with van der Waals surface area (Å²) in [5.74, 6) is -3.76. The van der Waals surface area contributed by atoms with Gasteiger partial charge in [-0.15, -0.1) is 11.6 Å². The van der Waals surface area contributed by atoms with Gasteiger partial charge in [-0.25, -0.2) is 4.79 Å². The number of ether oxygens (including phenoxy) is 1. The van der Waals surface area contributed by atoms with Crippen molar-refractivity contribution in [2.45, 2.75) is 13.1 Å². The molecule has 0 aliphatic rings. The highest BCUT2D eigenvalue weighted by molar-refractivity contribution is 6.15. The van der Waals surface area contributed by atoms with Gasteiger partial charge in [0.1, 0.15) is 0 Å². The van der Waals surface area contributed by atoms with Crippen molar-refractivity contribution in [3.8, 4) is 0 Å². The molecule has 72 valence electrons. The number of carbonyl (C=O) groups excluding carboxylic acids is 2. The van der Waals surface area contributed by atoms with Gasteiger partial charge in [0.15, 0.2) is 0 Å². The summed E-state index contributed by atoms with van der Waals surface area (Å²) in [5.41, 5.74) is 0. The molecule has 0 aromatic heterocycles. The predicted molar refractivity (Wildman–Crippen MR) is 34.6 cm³/mol. The molecule has 12 heavy (non-hydrogen) atoms. The van der Waals surface area contributed by atoms with Gasteiger partial charge in [-0.3, -0.25) is 4.79 Å². The van der Waals surface area contributed by atoms with Crippen LogP contribution in [0.4, 0.5) is 13.2 Å². The van der Waals surface area contributed by atoms with Crippen molar-refractivity contribution in [1.82, 2.24) is 0 Å². The highest BCUT2D eigenvalue weighted by atomic mass is 35.5. The van der Waals surface area contributed by atoms with Gasteiger partial charge in [0.2, 0.25) is 0 Å². The van der Waals surface area contributed by atoms with Crippen LogP contribution >= 0.6 is 11.6 Å². The van der Waals surface area contributed by atoms with E-state index in [0.717, 1.165) is 0 Å². The lowest BCUT2D eigenvalue weighted by molar-refractivity contribution is -0.201. The first-order valence-electron chi connectivity index (χ1n) is 2.51. The third kappa shape index (κ3) is 7.33. The summed E-state index contributed by atoms with van der Waals surface area (Å²) in [7, 11) is 0. The van der Waals surface area contributed by atoms with Crippen molar-refractivity contribution in [1.29, 1.82) is 0 Å². The van der Waals surface area contributed by atoms with Gasteiger partial charge in [0.05, 0.1) is 0 Å². The van der Waals surface area contributed by atoms with Crippen LogP contribution in [-0.4, -0.2) is 24.5 Å². The summed E-state index contributed by atoms with van der Waals surface area (Å²) in [6, 6.07) is 0. The van der Waals surface area contributed by atoms with Crippen LogP contribution in [0.3, 0.4) is 0 Å². The molecular weight excluding hydrogens is 200 g/mol. The molecule has 0 rings (SSSR count). The standard InChI is InChI=1S/C4H3F3O3.CH3Cl/c1-2(8)10-3(9)4(5,6)7;1-2/h1H3;1H3. The maximum Gasteiger partial charge on any atom is 0.491 e. The minimum Gasteiger partial charge on any atom is -0.387 e. The van der Waals surface area contributed by atoms with E-state index in [1.807, 2.05) is 0 Å². The average molecular weight is 207 g/mol. The maximum atomic E-state index is 11.2. The van der Waals surface area contributed by atoms with Gasteiger partial charge in [-0.05, 0) is 0 Å². The number of hydrogen-bond acceptors (Lipinski definition) is 3. The van der Waals surface area contributed by atoms with E-state index in [0.29, 0.717) is 6.92 Å². The number of carbonyl (C=O) groups is 2. The quantitative estimate of drug-likeness (QED) is 0.343. The Morgan fingerprint density at radius 2 is 1.58 bits per heavy atom. The smallest absolute Gasteiger partial charge is 0.387 e. The summed E-state index contributed by atoms with van der Waals surface area (Å²) < 4.78 is 36.8. The molecular formula is C5H6ClF3O3. The summed E-state index contributed by atoms with van der Waals surface area (Å²) in [6.07, 6.45) is -3.62. The fraction of sp³-hybridized carbons (Fsp3) is 0.600. The van der Waals surface area contributed by atoms with Crippen LogP contribution in [0.5, 0.6) is 0 Å². The Morgan fingerprint density at radius 1 is 1.25 bits per heavy atom. The van der Waals surface area contributed by atoms with Gasteiger partial charge in [0, 0.05) is 13.3 Å². The van der Waals surface area contributed by atoms with E-state index in [1.165, 1.54) is 6.38 Å². The van der Waals surface area contributed by atoms with E-state index >= 15 is 0 Å². The molecule has 0 aliphatic carbocycles. The third-order valence-corrected chi connectivity index (χ3v) is 0.468. The van der Waals surface area contributed by atoms with Crippen molar-refractivity contribution in [3.63, 3.8) is 0 Å². The minimum absolute atomic E-state index is 0.712. The Morgan fingerprint density at radius 3 is 1.67 bits per heavy atom. The first-order valence-corrected chi connectivity index (χ1v) is 3.27. The van der Waals surface area contributed by atoms with Crippen molar-refractivity contribution in [2.24, 2.45) is 0 Å². The topological polar surface area (TPSA) is 43.4 Å². The second kappa shape index (κ2) is 5.82. The van der Waals surface area contributed by atoms with Crippen molar-refractivity contribution in [3.05, 3.63) is 0 Å². The Bertz CT molecular complexity index is 166. The highest BCUT2D eigenvalue weighted by Gasteiger charge is 2.41. The Balaban J connectivity index is 0. The molecule has 0 saturated carbocycles. The van der Waals surface area contributed by atoms with Crippen LogP contribution in [0.1, 0.15) is 6.92 Å². The zero-order chi connectivity index (χ0) is 10.4. The van der Waals surface area contributed by atoms with Crippen molar-refractivity contribution < 1.29 is 27.5 Å². The molecule has 0 aromatic rings. The number of halogens is 4. The fourth-order valence-corrected chi connectivity index (χ4v) is 0.188. The Hall–Kier alpha value is -0.780. The molecule has 0 amide bonds. The largest absolute Gasteiger partial charge is 0.491 e. The molecule has 0 saturated heterocycles. The van der Waals surface area contributed by atoms with Gasteiger partial charge < -0.3 is 4.74 Å². The second-order valence-electron chi connectivity index (χ2n) is 1.38. The Labute approximate surface area is 71.4 Å². The third-order valence-electron chi connectivity index (χ3n) is 0.468. The summed E-state index contributed by atoms with van der Waals surface area (Å²) in [4.78, 5) is 19.5. The van der Waals surface area contributed by atoms with Crippen molar-refractivity contribution >= 4 is 23.5 Å². The predicted octanol–water partition coefficient (Wildman–Crippen LogP) is 1.49. The molecule has 0 aliphatic heterocycles. The Kier molecular flexibility index (Phi) is 6.68. The molecule has 0 heterocycles. The minimum atomic E-state index is -5.09. The second-order valence-corrected chi connectivity index (χ2v) is 1.38. The van der Waals surface area contributed by atoms with Gasteiger partial charge in [0.25, 0.3) is 0 Å². The molecule has 0 aromatic carbocycles. The molecule has 0 unspecified atom stereocenters. The fourth-order valence-electron chi connectivity index (χ4n) is 0.188. The van der Waals surface area contributed by atoms with Crippen molar-refractivity contribution in [2.75, 3.05) is 6.38 Å². The number of hydrogen-bond donors (Lipinski definition) is 0. The molecule has 0 radical (unpaired) electrons. The van der Waals surface area contributed by atoms with Gasteiger partial charge in [-0.2, -0.15) is 13.2 Å². The van der Waals surface area contributed by atoms with Crippen LogP contribution in [0, 0.1) is 0 Å². The van der Waals surface area contributed by atoms with E-state index < -0.39 is 18.1 Å². The van der Waals surface area contributed by atoms with E-state index in [4.69, 9.17) is 0 Å². The van der Waals surface area contributed by atoms with Crippen LogP contribution < -0.4 is 0 Å². The maximum absolute atomic E-state index is 11.2. The number of rotatable bonds is 0. The highest BCUT2D eigenvalue weighted by Crippen LogP contribution is 2.16. The van der Waals surface area contributed by atoms with E-state index in [-0.39, 0.29) is 0 Å². The van der Waals surface area contributed by atoms with E-state index in [2.05, 4.69) is 16.3 Å². The summed E-state index contributed by atoms with van der Waals surface area (Å²) in [5, 5.41) is 0. The molecule has 7 heteroatoms. The van der Waals surface area contributed by atoms with Gasteiger partial charge in [-0.1, -0.05) is 0 Å². The van der Waals surface area contributed by atoms with Crippen LogP contribution in [0.25, 0.3) is 0 Å². The SMILES string of the molecule is CC(=O)OC(=O)C(F)(F)F.CCl. The molecule has 0 bridgehead atoms. The van der Waals surface area contributed by atoms with Gasteiger partial charge >= 0.3 is 18.1 Å². The van der Waals surface area contributed by atoms with Crippen LogP contribution in [0.2, 0.25) is 0 Å².